The Morgan fingerprint density at radius 2 is 2.05 bits per heavy atom. The molecule has 2 aromatic heterocycles. The van der Waals surface area contributed by atoms with E-state index in [1.165, 1.54) is 18.2 Å². The highest BCUT2D eigenvalue weighted by Gasteiger charge is 2.24. The van der Waals surface area contributed by atoms with Crippen molar-refractivity contribution in [3.63, 3.8) is 0 Å². The SMILES string of the molecule is O=C(O)c1cc2c(C(F)F)nn(-c3ccccc3F)c2s1. The molecule has 4 nitrogen and oxygen atoms in total. The number of hydrogen-bond donors (Lipinski definition) is 1. The maximum absolute atomic E-state index is 13.8. The van der Waals surface area contributed by atoms with E-state index in [9.17, 15) is 18.0 Å². The van der Waals surface area contributed by atoms with Crippen LogP contribution in [0.1, 0.15) is 21.8 Å². The molecule has 0 aliphatic heterocycles. The lowest BCUT2D eigenvalue weighted by molar-refractivity contribution is 0.0702. The molecular weight excluding hydrogens is 305 g/mol. The molecule has 1 aromatic carbocycles. The Morgan fingerprint density at radius 1 is 1.33 bits per heavy atom. The number of thiophene rings is 1. The summed E-state index contributed by atoms with van der Waals surface area (Å²) in [5.41, 5.74) is -0.565. The van der Waals surface area contributed by atoms with Crippen molar-refractivity contribution in [2.24, 2.45) is 0 Å². The minimum Gasteiger partial charge on any atom is -0.477 e. The molecule has 0 aliphatic carbocycles. The van der Waals surface area contributed by atoms with Crippen LogP contribution in [-0.4, -0.2) is 20.9 Å². The molecule has 3 aromatic rings. The average molecular weight is 312 g/mol. The topological polar surface area (TPSA) is 55.1 Å². The van der Waals surface area contributed by atoms with Crippen molar-refractivity contribution in [3.8, 4) is 5.69 Å². The highest BCUT2D eigenvalue weighted by molar-refractivity contribution is 7.20. The second kappa shape index (κ2) is 4.88. The largest absolute Gasteiger partial charge is 0.477 e. The Hall–Kier alpha value is -2.35. The van der Waals surface area contributed by atoms with Crippen molar-refractivity contribution in [1.82, 2.24) is 9.78 Å². The summed E-state index contributed by atoms with van der Waals surface area (Å²) in [5, 5.41) is 12.7. The third-order valence-electron chi connectivity index (χ3n) is 2.89. The van der Waals surface area contributed by atoms with E-state index in [2.05, 4.69) is 5.10 Å². The molecule has 0 atom stereocenters. The van der Waals surface area contributed by atoms with Gasteiger partial charge in [-0.2, -0.15) is 5.10 Å². The lowest BCUT2D eigenvalue weighted by atomic mass is 10.3. The third-order valence-corrected chi connectivity index (χ3v) is 3.99. The molecule has 0 bridgehead atoms. The maximum atomic E-state index is 13.8. The summed E-state index contributed by atoms with van der Waals surface area (Å²) < 4.78 is 40.9. The first-order valence-electron chi connectivity index (χ1n) is 5.78. The fourth-order valence-electron chi connectivity index (χ4n) is 1.98. The number of fused-ring (bicyclic) bond motifs is 1. The number of carboxylic acids is 1. The lowest BCUT2D eigenvalue weighted by Crippen LogP contribution is -2.00. The van der Waals surface area contributed by atoms with Gasteiger partial charge in [-0.25, -0.2) is 22.6 Å². The summed E-state index contributed by atoms with van der Waals surface area (Å²) in [5.74, 6) is -1.86. The zero-order chi connectivity index (χ0) is 15.1. The van der Waals surface area contributed by atoms with Crippen molar-refractivity contribution >= 4 is 27.5 Å². The van der Waals surface area contributed by atoms with Crippen LogP contribution >= 0.6 is 11.3 Å². The van der Waals surface area contributed by atoms with E-state index in [1.807, 2.05) is 0 Å². The van der Waals surface area contributed by atoms with E-state index < -0.39 is 23.9 Å². The van der Waals surface area contributed by atoms with Gasteiger partial charge in [0.15, 0.2) is 0 Å². The van der Waals surface area contributed by atoms with Crippen LogP contribution in [0.3, 0.4) is 0 Å². The van der Waals surface area contributed by atoms with E-state index in [1.54, 1.807) is 6.07 Å². The van der Waals surface area contributed by atoms with Crippen LogP contribution in [0.25, 0.3) is 15.9 Å². The zero-order valence-electron chi connectivity index (χ0n) is 10.3. The number of aromatic nitrogens is 2. The molecule has 1 N–H and O–H groups in total. The Balaban J connectivity index is 2.32. The number of carboxylic acid groups (broad SMARTS) is 1. The van der Waals surface area contributed by atoms with Gasteiger partial charge in [-0.05, 0) is 18.2 Å². The van der Waals surface area contributed by atoms with Crippen molar-refractivity contribution < 1.29 is 23.1 Å². The van der Waals surface area contributed by atoms with Gasteiger partial charge in [0.1, 0.15) is 26.9 Å². The Kier molecular flexibility index (Phi) is 3.17. The number of aromatic carboxylic acids is 1. The van der Waals surface area contributed by atoms with Crippen LogP contribution in [0.15, 0.2) is 30.3 Å². The average Bonchev–Trinajstić information content (AvgIpc) is 2.98. The first-order chi connectivity index (χ1) is 9.99. The number of hydrogen-bond acceptors (Lipinski definition) is 3. The van der Waals surface area contributed by atoms with E-state index in [-0.39, 0.29) is 20.8 Å². The molecule has 0 spiro atoms. The fraction of sp³-hybridized carbons (Fsp3) is 0.0769. The second-order valence-corrected chi connectivity index (χ2v) is 5.21. The van der Waals surface area contributed by atoms with Gasteiger partial charge in [0.05, 0.1) is 0 Å². The minimum atomic E-state index is -2.88. The van der Waals surface area contributed by atoms with Gasteiger partial charge < -0.3 is 5.11 Å². The summed E-state index contributed by atoms with van der Waals surface area (Å²) in [4.78, 5) is 11.1. The van der Waals surface area contributed by atoms with E-state index >= 15 is 0 Å². The quantitative estimate of drug-likeness (QED) is 0.799. The molecule has 2 heterocycles. The molecule has 3 rings (SSSR count). The standard InChI is InChI=1S/C13H7F3N2O2S/c14-7-3-1-2-4-8(7)18-12-6(10(17-18)11(15)16)5-9(21-12)13(19)20/h1-5,11H,(H,19,20). The minimum absolute atomic E-state index is 0.00631. The summed E-state index contributed by atoms with van der Waals surface area (Å²) in [7, 11) is 0. The van der Waals surface area contributed by atoms with Crippen molar-refractivity contribution in [3.05, 3.63) is 46.7 Å². The molecular formula is C13H7F3N2O2S. The number of para-hydroxylation sites is 1. The summed E-state index contributed by atoms with van der Waals surface area (Å²) in [6.45, 7) is 0. The molecule has 0 saturated heterocycles. The smallest absolute Gasteiger partial charge is 0.345 e. The van der Waals surface area contributed by atoms with Crippen LogP contribution in [0, 0.1) is 5.82 Å². The van der Waals surface area contributed by atoms with Crippen LogP contribution < -0.4 is 0 Å². The molecule has 0 saturated carbocycles. The summed E-state index contributed by atoms with van der Waals surface area (Å²) in [6.07, 6.45) is -2.88. The van der Waals surface area contributed by atoms with E-state index in [0.29, 0.717) is 0 Å². The number of rotatable bonds is 3. The maximum Gasteiger partial charge on any atom is 0.345 e. The number of nitrogens with zero attached hydrogens (tertiary/aromatic N) is 2. The normalized spacial score (nSPS) is 11.4. The van der Waals surface area contributed by atoms with Crippen molar-refractivity contribution in [2.75, 3.05) is 0 Å². The molecule has 21 heavy (non-hydrogen) atoms. The molecule has 0 radical (unpaired) electrons. The van der Waals surface area contributed by atoms with Crippen LogP contribution in [0.2, 0.25) is 0 Å². The monoisotopic (exact) mass is 312 g/mol. The highest BCUT2D eigenvalue weighted by atomic mass is 32.1. The molecule has 0 unspecified atom stereocenters. The molecule has 0 aliphatic rings. The van der Waals surface area contributed by atoms with Gasteiger partial charge >= 0.3 is 5.97 Å². The highest BCUT2D eigenvalue weighted by Crippen LogP contribution is 2.35. The predicted octanol–water partition coefficient (Wildman–Crippen LogP) is 3.86. The van der Waals surface area contributed by atoms with Crippen LogP contribution in [0.4, 0.5) is 13.2 Å². The number of halogens is 3. The van der Waals surface area contributed by atoms with Gasteiger partial charge in [0.2, 0.25) is 0 Å². The number of benzene rings is 1. The van der Waals surface area contributed by atoms with Crippen LogP contribution in [0.5, 0.6) is 0 Å². The lowest BCUT2D eigenvalue weighted by Gasteiger charge is -2.03. The van der Waals surface area contributed by atoms with Gasteiger partial charge in [-0.15, -0.1) is 11.3 Å². The molecule has 8 heteroatoms. The van der Waals surface area contributed by atoms with E-state index in [0.717, 1.165) is 22.1 Å². The summed E-state index contributed by atoms with van der Waals surface area (Å²) in [6, 6.07) is 6.70. The fourth-order valence-corrected chi connectivity index (χ4v) is 2.95. The molecule has 0 fully saturated rings. The Labute approximate surface area is 120 Å². The van der Waals surface area contributed by atoms with Crippen molar-refractivity contribution in [1.29, 1.82) is 0 Å². The van der Waals surface area contributed by atoms with Gasteiger partial charge in [-0.3, -0.25) is 0 Å². The van der Waals surface area contributed by atoms with E-state index in [4.69, 9.17) is 5.11 Å². The first kappa shape index (κ1) is 13.6. The predicted molar refractivity (Wildman–Crippen MR) is 70.8 cm³/mol. The van der Waals surface area contributed by atoms with Crippen LogP contribution in [-0.2, 0) is 0 Å². The van der Waals surface area contributed by atoms with Gasteiger partial charge in [-0.1, -0.05) is 12.1 Å². The van der Waals surface area contributed by atoms with Gasteiger partial charge in [0, 0.05) is 5.39 Å². The van der Waals surface area contributed by atoms with Crippen molar-refractivity contribution in [2.45, 2.75) is 6.43 Å². The first-order valence-corrected chi connectivity index (χ1v) is 6.59. The Morgan fingerprint density at radius 3 is 2.67 bits per heavy atom. The number of alkyl halides is 2. The molecule has 108 valence electrons. The third kappa shape index (κ3) is 2.17. The molecule has 0 amide bonds. The van der Waals surface area contributed by atoms with Gasteiger partial charge in [0.25, 0.3) is 6.43 Å². The Bertz CT molecular complexity index is 841. The summed E-state index contributed by atoms with van der Waals surface area (Å²) >= 11 is 0.775. The number of carbonyl (C=O) groups is 1. The second-order valence-electron chi connectivity index (χ2n) is 4.18. The zero-order valence-corrected chi connectivity index (χ0v) is 11.1.